The number of primary amides is 1. The van der Waals surface area contributed by atoms with Crippen molar-refractivity contribution in [1.29, 1.82) is 0 Å². The van der Waals surface area contributed by atoms with Gasteiger partial charge in [-0.15, -0.1) is 0 Å². The minimum Gasteiger partial charge on any atom is -0.510 e. The summed E-state index contributed by atoms with van der Waals surface area (Å²) in [6, 6.07) is 8.41. The predicted octanol–water partition coefficient (Wildman–Crippen LogP) is 1.67. The molecule has 2 aromatic rings. The third-order valence-electron chi connectivity index (χ3n) is 8.40. The minimum absolute atomic E-state index is 0.0349. The van der Waals surface area contributed by atoms with Crippen LogP contribution in [0.1, 0.15) is 22.3 Å². The van der Waals surface area contributed by atoms with Gasteiger partial charge in [0.1, 0.15) is 29.4 Å². The first kappa shape index (κ1) is 29.9. The van der Waals surface area contributed by atoms with E-state index < -0.39 is 77.4 Å². The monoisotopic (exact) mass is 595 g/mol. The number of nitrogens with one attached hydrogen (secondary N) is 1. The Morgan fingerprint density at radius 2 is 1.79 bits per heavy atom. The molecule has 7 N–H and O–H groups in total. The Labute approximate surface area is 244 Å². The van der Waals surface area contributed by atoms with Gasteiger partial charge in [0, 0.05) is 17.2 Å². The highest BCUT2D eigenvalue weighted by molar-refractivity contribution is 6.25. The van der Waals surface area contributed by atoms with Gasteiger partial charge in [-0.1, -0.05) is 18.2 Å². The Morgan fingerprint density at radius 1 is 1.12 bits per heavy atom. The number of rotatable bonds is 7. The molecular formula is C30H30FN3O9. The topological polar surface area (TPSA) is 200 Å². The van der Waals surface area contributed by atoms with Crippen LogP contribution in [0, 0.1) is 11.8 Å². The van der Waals surface area contributed by atoms with E-state index in [1.54, 1.807) is 44.4 Å². The average Bonchev–Trinajstić information content (AvgIpc) is 2.94. The smallest absolute Gasteiger partial charge is 0.255 e. The molecular weight excluding hydrogens is 565 g/mol. The molecule has 0 spiro atoms. The van der Waals surface area contributed by atoms with Gasteiger partial charge in [-0.25, -0.2) is 4.39 Å². The SMILES string of the molecule is CN(C)[C@@H]1C(O)=C(C(N)=O)C(=O)[C@@]2(O)C(O)=C3C(=O)c4c(O)ccc(-c5ccc(NC(=O)COCF)cc5)c4C[C@H]3C[C@@H]12. The molecule has 3 aliphatic carbocycles. The highest BCUT2D eigenvalue weighted by Gasteiger charge is 2.63. The molecule has 226 valence electrons. The predicted molar refractivity (Wildman–Crippen MR) is 150 cm³/mol. The number of aliphatic hydroxyl groups excluding tert-OH is 2. The molecule has 12 nitrogen and oxygen atoms in total. The van der Waals surface area contributed by atoms with Gasteiger partial charge in [-0.3, -0.25) is 24.1 Å². The number of carbonyl (C=O) groups is 4. The van der Waals surface area contributed by atoms with Crippen LogP contribution in [-0.2, 0) is 25.5 Å². The van der Waals surface area contributed by atoms with Crippen LogP contribution in [0.3, 0.4) is 0 Å². The van der Waals surface area contributed by atoms with Crippen LogP contribution in [0.25, 0.3) is 11.1 Å². The lowest BCUT2D eigenvalue weighted by Crippen LogP contribution is -2.63. The van der Waals surface area contributed by atoms with Crippen molar-refractivity contribution < 1.29 is 48.7 Å². The number of halogens is 1. The fourth-order valence-electron chi connectivity index (χ4n) is 6.58. The summed E-state index contributed by atoms with van der Waals surface area (Å²) in [6.07, 6.45) is 0.0874. The van der Waals surface area contributed by atoms with Crippen LogP contribution in [0.4, 0.5) is 10.1 Å². The van der Waals surface area contributed by atoms with Crippen molar-refractivity contribution in [2.24, 2.45) is 17.6 Å². The maximum absolute atomic E-state index is 13.9. The lowest BCUT2D eigenvalue weighted by Gasteiger charge is -2.50. The van der Waals surface area contributed by atoms with Gasteiger partial charge in [0.05, 0.1) is 11.6 Å². The largest absolute Gasteiger partial charge is 0.510 e. The summed E-state index contributed by atoms with van der Waals surface area (Å²) in [5.41, 5.74) is 3.52. The second-order valence-corrected chi connectivity index (χ2v) is 11.0. The Morgan fingerprint density at radius 3 is 2.40 bits per heavy atom. The van der Waals surface area contributed by atoms with E-state index in [4.69, 9.17) is 5.73 Å². The number of aliphatic hydroxyl groups is 3. The van der Waals surface area contributed by atoms with Crippen molar-refractivity contribution >= 4 is 29.1 Å². The zero-order chi connectivity index (χ0) is 31.4. The average molecular weight is 596 g/mol. The van der Waals surface area contributed by atoms with Crippen molar-refractivity contribution in [2.75, 3.05) is 32.9 Å². The normalized spacial score (nSPS) is 24.9. The molecule has 0 aromatic heterocycles. The molecule has 43 heavy (non-hydrogen) atoms. The number of Topliss-reactive ketones (excluding diaryl/α,β-unsaturated/α-hetero) is 2. The van der Waals surface area contributed by atoms with Crippen molar-refractivity contribution in [2.45, 2.75) is 24.5 Å². The van der Waals surface area contributed by atoms with Crippen LogP contribution >= 0.6 is 0 Å². The van der Waals surface area contributed by atoms with Crippen LogP contribution in [0.15, 0.2) is 59.1 Å². The van der Waals surface area contributed by atoms with Gasteiger partial charge in [0.2, 0.25) is 11.7 Å². The third-order valence-corrected chi connectivity index (χ3v) is 8.40. The number of aromatic hydroxyl groups is 1. The summed E-state index contributed by atoms with van der Waals surface area (Å²) in [5.74, 6) is -7.73. The van der Waals surface area contributed by atoms with Gasteiger partial charge >= 0.3 is 0 Å². The molecule has 0 saturated carbocycles. The Hall–Kier alpha value is -4.59. The number of carbonyl (C=O) groups excluding carboxylic acids is 4. The quantitative estimate of drug-likeness (QED) is 0.256. The summed E-state index contributed by atoms with van der Waals surface area (Å²) in [4.78, 5) is 52.8. The van der Waals surface area contributed by atoms with Crippen LogP contribution in [0.2, 0.25) is 0 Å². The number of alkyl halides is 1. The van der Waals surface area contributed by atoms with Crippen LogP contribution in [0.5, 0.6) is 5.75 Å². The van der Waals surface area contributed by atoms with E-state index in [-0.39, 0.29) is 29.7 Å². The van der Waals surface area contributed by atoms with Gasteiger partial charge in [0.15, 0.2) is 18.2 Å². The second-order valence-electron chi connectivity index (χ2n) is 11.0. The van der Waals surface area contributed by atoms with Crippen molar-refractivity contribution in [3.63, 3.8) is 0 Å². The van der Waals surface area contributed by atoms with E-state index in [9.17, 15) is 44.0 Å². The summed E-state index contributed by atoms with van der Waals surface area (Å²) in [6.45, 7) is -1.55. The minimum atomic E-state index is -2.72. The van der Waals surface area contributed by atoms with E-state index in [1.807, 2.05) is 0 Å². The molecule has 3 aliphatic rings. The number of likely N-dealkylation sites (N-methyl/N-ethyl adjacent to an activating group) is 1. The second kappa shape index (κ2) is 10.9. The van der Waals surface area contributed by atoms with Crippen LogP contribution in [-0.4, -0.2) is 87.9 Å². The molecule has 0 aliphatic heterocycles. The number of hydrogen-bond acceptors (Lipinski definition) is 10. The Bertz CT molecular complexity index is 1620. The maximum atomic E-state index is 13.9. The van der Waals surface area contributed by atoms with E-state index in [2.05, 4.69) is 10.1 Å². The molecule has 4 atom stereocenters. The summed E-state index contributed by atoms with van der Waals surface area (Å²) >= 11 is 0. The van der Waals surface area contributed by atoms with Crippen molar-refractivity contribution in [3.05, 3.63) is 70.2 Å². The first-order valence-electron chi connectivity index (χ1n) is 13.4. The number of anilines is 1. The Balaban J connectivity index is 1.58. The van der Waals surface area contributed by atoms with Crippen LogP contribution < -0.4 is 11.1 Å². The van der Waals surface area contributed by atoms with E-state index in [0.29, 0.717) is 22.4 Å². The summed E-state index contributed by atoms with van der Waals surface area (Å²) in [7, 11) is 3.12. The molecule has 13 heteroatoms. The summed E-state index contributed by atoms with van der Waals surface area (Å²) in [5, 5.41) is 47.3. The highest BCUT2D eigenvalue weighted by Crippen LogP contribution is 2.53. The Kier molecular flexibility index (Phi) is 7.59. The number of fused-ring (bicyclic) bond motifs is 3. The van der Waals surface area contributed by atoms with Crippen molar-refractivity contribution in [3.8, 4) is 16.9 Å². The number of phenols is 1. The molecule has 2 amide bonds. The standard InChI is InChI=1S/C30H30FN3O9/c1-34(2)24-18-10-14-9-17-16(13-3-5-15(6-4-13)33-20(36)11-43-12-31)7-8-19(35)22(17)25(37)21(14)27(39)30(18,42)28(40)23(26(24)38)29(32)41/h3-8,14,18,24,35,38-39,42H,9-12H2,1-2H3,(H2,32,41)(H,33,36)/t14-,18-,24-,30-/m0/s1. The fraction of sp³-hybridized carbons (Fsp3) is 0.333. The molecule has 0 radical (unpaired) electrons. The van der Waals surface area contributed by atoms with E-state index in [0.717, 1.165) is 0 Å². The lowest BCUT2D eigenvalue weighted by atomic mass is 9.58. The number of ketones is 2. The van der Waals surface area contributed by atoms with Gasteiger partial charge in [-0.2, -0.15) is 0 Å². The number of ether oxygens (including phenoxy) is 1. The number of nitrogens with two attached hydrogens (primary N) is 1. The van der Waals surface area contributed by atoms with Gasteiger partial charge in [0.25, 0.3) is 5.91 Å². The molecule has 0 saturated heterocycles. The van der Waals surface area contributed by atoms with E-state index >= 15 is 0 Å². The first-order valence-corrected chi connectivity index (χ1v) is 13.4. The summed E-state index contributed by atoms with van der Waals surface area (Å²) < 4.78 is 16.6. The number of phenolic OH excluding ortho intramolecular Hbond substituents is 1. The maximum Gasteiger partial charge on any atom is 0.255 e. The van der Waals surface area contributed by atoms with E-state index in [1.165, 1.54) is 11.0 Å². The fourth-order valence-corrected chi connectivity index (χ4v) is 6.58. The number of amides is 2. The first-order chi connectivity index (χ1) is 20.3. The molecule has 0 heterocycles. The lowest BCUT2D eigenvalue weighted by molar-refractivity contribution is -0.148. The number of allylic oxidation sites excluding steroid dienone is 1. The van der Waals surface area contributed by atoms with Crippen molar-refractivity contribution in [1.82, 2.24) is 4.90 Å². The zero-order valence-corrected chi connectivity index (χ0v) is 23.3. The number of hydrogen-bond donors (Lipinski definition) is 6. The zero-order valence-electron chi connectivity index (χ0n) is 23.3. The highest BCUT2D eigenvalue weighted by atomic mass is 19.1. The molecule has 0 fully saturated rings. The number of benzene rings is 2. The molecule has 2 aromatic carbocycles. The van der Waals surface area contributed by atoms with Gasteiger partial charge < -0.3 is 36.2 Å². The molecule has 0 bridgehead atoms. The molecule has 0 unspecified atom stereocenters. The number of nitrogens with zero attached hydrogens (tertiary/aromatic N) is 1. The third kappa shape index (κ3) is 4.65. The molecule has 5 rings (SSSR count). The van der Waals surface area contributed by atoms with Gasteiger partial charge in [-0.05, 0) is 67.7 Å².